The number of unbranched alkanes of at least 4 members (excludes halogenated alkanes) is 8. The number of allylic oxidation sites excluding steroid dienone is 3. The third-order valence-corrected chi connectivity index (χ3v) is 21.9. The maximum atomic E-state index is 13.5. The summed E-state index contributed by atoms with van der Waals surface area (Å²) in [4.78, 5) is 137. The Balaban J connectivity index is 0.000000547. The first-order valence-corrected chi connectivity index (χ1v) is 46.9. The lowest BCUT2D eigenvalue weighted by atomic mass is 9.98. The number of carbonyl (C=O) groups excluding carboxylic acids is 10. The Morgan fingerprint density at radius 1 is 0.600 bits per heavy atom. The molecule has 1 heterocycles. The van der Waals surface area contributed by atoms with Crippen molar-refractivity contribution < 1.29 is 76.4 Å². The second-order valence-corrected chi connectivity index (χ2v) is 43.9. The summed E-state index contributed by atoms with van der Waals surface area (Å²) in [5, 5.41) is 10.7. The van der Waals surface area contributed by atoms with E-state index in [9.17, 15) is 47.9 Å². The van der Waals surface area contributed by atoms with Crippen molar-refractivity contribution in [3.05, 3.63) is 95.7 Å². The molecule has 0 spiro atoms. The van der Waals surface area contributed by atoms with Gasteiger partial charge >= 0.3 is 36.1 Å². The molecule has 22 nitrogen and oxygen atoms in total. The first-order valence-electron chi connectivity index (χ1n) is 37.5. The van der Waals surface area contributed by atoms with Gasteiger partial charge in [-0.3, -0.25) is 28.8 Å². The van der Waals surface area contributed by atoms with Crippen LogP contribution in [0.3, 0.4) is 0 Å². The predicted octanol–water partition coefficient (Wildman–Crippen LogP) is 15.6. The first-order chi connectivity index (χ1) is 49.6. The molecule has 105 heavy (non-hydrogen) atoms. The van der Waals surface area contributed by atoms with Crippen LogP contribution in [0, 0.1) is 11.8 Å². The van der Waals surface area contributed by atoms with Gasteiger partial charge in [0, 0.05) is 52.6 Å². The van der Waals surface area contributed by atoms with Crippen molar-refractivity contribution >= 4 is 110 Å². The van der Waals surface area contributed by atoms with E-state index in [-0.39, 0.29) is 66.2 Å². The highest BCUT2D eigenvalue weighted by Gasteiger charge is 2.34. The van der Waals surface area contributed by atoms with E-state index in [2.05, 4.69) is 96.5 Å². The Labute approximate surface area is 635 Å². The summed E-state index contributed by atoms with van der Waals surface area (Å²) in [5.74, 6) is -3.27. The van der Waals surface area contributed by atoms with Crippen molar-refractivity contribution in [1.82, 2.24) is 21.3 Å². The number of amides is 4. The number of benzene rings is 2. The quantitative estimate of drug-likeness (QED) is 0.0120. The molecule has 0 saturated heterocycles. The van der Waals surface area contributed by atoms with Crippen molar-refractivity contribution in [3.63, 3.8) is 0 Å². The van der Waals surface area contributed by atoms with Gasteiger partial charge < -0.3 is 49.7 Å². The van der Waals surface area contributed by atoms with Gasteiger partial charge in [0.05, 0.1) is 32.6 Å². The highest BCUT2D eigenvalue weighted by molar-refractivity contribution is 8.13. The maximum Gasteiger partial charge on any atom is 0.408 e. The predicted molar refractivity (Wildman–Crippen MR) is 426 cm³/mol. The average Bonchev–Trinajstić information content (AvgIpc) is 1.62. The summed E-state index contributed by atoms with van der Waals surface area (Å²) >= 11 is 2.58. The molecule has 2 aromatic carbocycles. The van der Waals surface area contributed by atoms with Crippen LogP contribution >= 0.6 is 23.5 Å². The third kappa shape index (κ3) is 39.3. The van der Waals surface area contributed by atoms with Gasteiger partial charge in [0.1, 0.15) is 48.0 Å². The second kappa shape index (κ2) is 48.9. The van der Waals surface area contributed by atoms with Crippen molar-refractivity contribution in [2.75, 3.05) is 37.9 Å². The van der Waals surface area contributed by atoms with Gasteiger partial charge in [-0.15, -0.1) is 0 Å². The molecule has 4 N–H and O–H groups in total. The molecule has 0 bridgehead atoms. The third-order valence-electron chi connectivity index (χ3n) is 16.5. The number of hydrogen-bond donors (Lipinski definition) is 4. The molecule has 1 unspecified atom stereocenters. The molecular formula is C79H122N6O16S2Si2. The molecule has 4 rings (SSSR count). The van der Waals surface area contributed by atoms with Crippen LogP contribution < -0.4 is 21.3 Å². The number of nitrogens with zero attached hydrogens (tertiary/aromatic N) is 2. The molecule has 5 atom stereocenters. The Hall–Kier alpha value is -7.17. The van der Waals surface area contributed by atoms with Crippen molar-refractivity contribution in [3.8, 4) is 11.1 Å². The molecule has 2 aliphatic rings. The Bertz CT molecular complexity index is 3240. The number of alkyl carbamates (subject to hydrolysis) is 2. The van der Waals surface area contributed by atoms with Crippen LogP contribution in [0.5, 0.6) is 0 Å². The SMILES string of the molecule is C/C=C(\NC(=O)C1C=NC(CNC(=O)OC(C)(C)C)=N1)C(=O)N[C@H](C(=O)O[C@H](/C=C/CCSC(=O)CCCCCCC)CC(=O)OCC[Si](C)(C)C)C(C)C.CCCCCCCC(=O)SCC/C=C/[C@H](CC(=O)OCC[Si](C)(C)C)OC(=O)[C@@H](NC(=O)OCC1c2ccccc2-c2ccccc21)C(C)C. The van der Waals surface area contributed by atoms with Crippen LogP contribution in [0.25, 0.3) is 11.1 Å². The van der Waals surface area contributed by atoms with Crippen LogP contribution in [0.1, 0.15) is 189 Å². The number of thioether (sulfide) groups is 2. The van der Waals surface area contributed by atoms with Crippen LogP contribution in [0.15, 0.2) is 94.6 Å². The normalized spacial score (nSPS) is 14.8. The molecule has 0 aromatic heterocycles. The first kappa shape index (κ1) is 92.0. The molecule has 0 saturated carbocycles. The number of ether oxygens (including phenoxy) is 6. The lowest BCUT2D eigenvalue weighted by Crippen LogP contribution is -2.49. The smallest absolute Gasteiger partial charge is 0.408 e. The zero-order valence-electron chi connectivity index (χ0n) is 65.4. The zero-order chi connectivity index (χ0) is 78.1. The van der Waals surface area contributed by atoms with E-state index >= 15 is 0 Å². The van der Waals surface area contributed by atoms with Gasteiger partial charge in [-0.1, -0.05) is 222 Å². The minimum atomic E-state index is -1.44. The van der Waals surface area contributed by atoms with Gasteiger partial charge in [-0.2, -0.15) is 0 Å². The van der Waals surface area contributed by atoms with Crippen molar-refractivity contribution in [2.45, 2.75) is 265 Å². The largest absolute Gasteiger partial charge is 0.466 e. The monoisotopic (exact) mass is 1530 g/mol. The fourth-order valence-electron chi connectivity index (χ4n) is 10.5. The van der Waals surface area contributed by atoms with Crippen LogP contribution in [-0.2, 0) is 66.8 Å². The molecule has 26 heteroatoms. The molecule has 1 aliphatic carbocycles. The summed E-state index contributed by atoms with van der Waals surface area (Å²) in [5.41, 5.74) is 3.64. The number of rotatable bonds is 45. The lowest BCUT2D eigenvalue weighted by Gasteiger charge is -2.24. The fourth-order valence-corrected chi connectivity index (χ4v) is 13.5. The molecule has 1 aliphatic heterocycles. The summed E-state index contributed by atoms with van der Waals surface area (Å²) in [7, 11) is -2.84. The molecule has 0 radical (unpaired) electrons. The number of fused-ring (bicyclic) bond motifs is 3. The van der Waals surface area contributed by atoms with Crippen LogP contribution in [0.2, 0.25) is 51.4 Å². The Morgan fingerprint density at radius 3 is 1.50 bits per heavy atom. The highest BCUT2D eigenvalue weighted by atomic mass is 32.2. The van der Waals surface area contributed by atoms with E-state index in [1.54, 1.807) is 59.8 Å². The topological polar surface area (TPSA) is 299 Å². The number of hydrogen-bond acceptors (Lipinski definition) is 20. The standard InChI is InChI=1S/C40H57NO7SSi.C39H65N5O9SSi/c1-7-8-9-10-11-23-37(43)49-25-17-16-18-30(27-36(42)46-24-26-50(4,5)6)48-39(44)38(29(2)3)41-40(45)47-28-35-33-21-14-12-19-31(33)32-20-13-15-22-34(32)35;1-11-13-14-15-16-20-33(46)54-22-18-17-19-28(24-32(45)51-21-23-55(8,9)10)52-37(49)34(27(3)4)44-35(47)29(12-2)43-36(48)30-25-40-31(42-30)26-41-38(50)53-39(5,6)7/h12-16,18-22,29-30,35,38H,7-11,17,23-28H2,1-6H3,(H,41,45);12,17,19,25,27-28,30,34H,11,13-16,18,20-24,26H2,1-10H3,(H,41,50)(H,43,48)(H,44,47)/b18-16+;19-17+,29-12-/t30-,38+;28-,30?,34+/m11/s1. The lowest BCUT2D eigenvalue weighted by molar-refractivity contribution is -0.157. The molecular weight excluding hydrogens is 1410 g/mol. The minimum absolute atomic E-state index is 0.0609. The van der Waals surface area contributed by atoms with E-state index < -0.39 is 106 Å². The average molecular weight is 1530 g/mol. The van der Waals surface area contributed by atoms with Crippen molar-refractivity contribution in [1.29, 1.82) is 0 Å². The van der Waals surface area contributed by atoms with Crippen molar-refractivity contribution in [2.24, 2.45) is 21.8 Å². The molecule has 584 valence electrons. The molecule has 0 fully saturated rings. The Morgan fingerprint density at radius 2 is 1.06 bits per heavy atom. The minimum Gasteiger partial charge on any atom is -0.466 e. The van der Waals surface area contributed by atoms with Gasteiger partial charge in [0.25, 0.3) is 11.8 Å². The number of amidine groups is 1. The fraction of sp³-hybridized carbons (Fsp3) is 0.620. The summed E-state index contributed by atoms with van der Waals surface area (Å²) in [6, 6.07) is 14.6. The molecule has 4 amide bonds. The number of carbonyl (C=O) groups is 10. The summed E-state index contributed by atoms with van der Waals surface area (Å²) in [6.07, 6.45) is 19.2. The van der Waals surface area contributed by atoms with E-state index in [4.69, 9.17) is 28.4 Å². The second-order valence-electron chi connectivity index (χ2n) is 30.3. The maximum absolute atomic E-state index is 13.5. The van der Waals surface area contributed by atoms with E-state index in [1.807, 2.05) is 56.3 Å². The summed E-state index contributed by atoms with van der Waals surface area (Å²) in [6.45, 7) is 32.0. The van der Waals surface area contributed by atoms with Crippen LogP contribution in [0.4, 0.5) is 9.59 Å². The van der Waals surface area contributed by atoms with E-state index in [1.165, 1.54) is 55.1 Å². The Kier molecular flexibility index (Phi) is 42.9. The zero-order valence-corrected chi connectivity index (χ0v) is 69.0. The van der Waals surface area contributed by atoms with Crippen LogP contribution in [-0.4, -0.2) is 160 Å². The van der Waals surface area contributed by atoms with E-state index in [0.717, 1.165) is 79.3 Å². The number of esters is 4. The molecule has 2 aromatic rings. The summed E-state index contributed by atoms with van der Waals surface area (Å²) < 4.78 is 33.4. The van der Waals surface area contributed by atoms with Gasteiger partial charge in [0.2, 0.25) is 0 Å². The number of nitrogens with one attached hydrogen (secondary N) is 4. The highest BCUT2D eigenvalue weighted by Crippen LogP contribution is 2.44. The van der Waals surface area contributed by atoms with Gasteiger partial charge in [-0.25, -0.2) is 29.2 Å². The van der Waals surface area contributed by atoms with E-state index in [0.29, 0.717) is 43.8 Å². The van der Waals surface area contributed by atoms with Gasteiger partial charge in [-0.05, 0) is 112 Å². The number of aliphatic imine (C=N–C) groups is 2. The van der Waals surface area contributed by atoms with Gasteiger partial charge in [0.15, 0.2) is 16.3 Å².